The lowest BCUT2D eigenvalue weighted by Gasteiger charge is -2.39. The second-order valence-electron chi connectivity index (χ2n) is 10.5. The Morgan fingerprint density at radius 1 is 1.15 bits per heavy atom. The number of aryl methyl sites for hydroxylation is 2. The van der Waals surface area contributed by atoms with Gasteiger partial charge in [0.25, 0.3) is 0 Å². The van der Waals surface area contributed by atoms with E-state index in [0.717, 1.165) is 11.1 Å². The van der Waals surface area contributed by atoms with Gasteiger partial charge >= 0.3 is 11.8 Å². The third-order valence-electron chi connectivity index (χ3n) is 7.27. The molecule has 0 radical (unpaired) electrons. The van der Waals surface area contributed by atoms with Crippen molar-refractivity contribution in [1.29, 1.82) is 0 Å². The Morgan fingerprint density at radius 2 is 1.90 bits per heavy atom. The average molecular weight is 565 g/mol. The summed E-state index contributed by atoms with van der Waals surface area (Å²) in [5.41, 5.74) is 3.02. The van der Waals surface area contributed by atoms with E-state index in [0.29, 0.717) is 29.1 Å². The van der Waals surface area contributed by atoms with Gasteiger partial charge in [-0.05, 0) is 56.5 Å². The third kappa shape index (κ3) is 4.77. The maximum atomic E-state index is 15.0. The van der Waals surface area contributed by atoms with Crippen LogP contribution in [0.3, 0.4) is 0 Å². The Balaban J connectivity index is 1.85. The van der Waals surface area contributed by atoms with Gasteiger partial charge in [-0.2, -0.15) is 4.98 Å². The number of amides is 1. The molecule has 5 rings (SSSR count). The largest absolute Gasteiger partial charge is 0.465 e. The molecule has 1 unspecified atom stereocenters. The van der Waals surface area contributed by atoms with Crippen molar-refractivity contribution in [2.75, 3.05) is 24.5 Å². The van der Waals surface area contributed by atoms with E-state index in [9.17, 15) is 14.7 Å². The number of benzene rings is 1. The molecule has 1 aliphatic rings. The van der Waals surface area contributed by atoms with Gasteiger partial charge < -0.3 is 14.9 Å². The smallest absolute Gasteiger partial charge is 0.407 e. The quantitative estimate of drug-likeness (QED) is 0.346. The minimum absolute atomic E-state index is 0.0124. The van der Waals surface area contributed by atoms with Crippen LogP contribution in [-0.4, -0.2) is 61.3 Å². The molecule has 3 aromatic heterocycles. The standard InChI is InChI=1S/C29H30ClFN6O3/c1-15(2)23-25(17(4)8-9-32-23)37-27-20(13-21(30)24(33-27)19-12-16(3)6-7-22(19)31)26(34-28(37)38)36-11-10-35(29(39)40)14-18(36)5/h6-9,12-13,15,18H,10-11,14H2,1-5H3,(H,39,40). The Morgan fingerprint density at radius 3 is 2.58 bits per heavy atom. The molecular weight excluding hydrogens is 535 g/mol. The molecule has 1 saturated heterocycles. The number of anilines is 1. The Kier molecular flexibility index (Phi) is 7.22. The van der Waals surface area contributed by atoms with Gasteiger partial charge in [-0.1, -0.05) is 37.1 Å². The number of piperazine rings is 1. The van der Waals surface area contributed by atoms with Crippen LogP contribution in [-0.2, 0) is 0 Å². The molecule has 1 aliphatic heterocycles. The number of hydrogen-bond donors (Lipinski definition) is 1. The molecule has 4 heterocycles. The Labute approximate surface area is 235 Å². The Bertz CT molecular complexity index is 1710. The number of halogens is 2. The molecule has 11 heteroatoms. The number of hydrogen-bond acceptors (Lipinski definition) is 6. The van der Waals surface area contributed by atoms with Crippen LogP contribution in [0, 0.1) is 19.7 Å². The fourth-order valence-corrected chi connectivity index (χ4v) is 5.52. The zero-order valence-corrected chi connectivity index (χ0v) is 23.7. The number of carboxylic acid groups (broad SMARTS) is 1. The van der Waals surface area contributed by atoms with Crippen molar-refractivity contribution in [3.8, 4) is 16.9 Å². The number of fused-ring (bicyclic) bond motifs is 1. The topological polar surface area (TPSA) is 104 Å². The fourth-order valence-electron chi connectivity index (χ4n) is 5.27. The molecule has 4 aromatic rings. The summed E-state index contributed by atoms with van der Waals surface area (Å²) in [6.45, 7) is 10.4. The monoisotopic (exact) mass is 564 g/mol. The van der Waals surface area contributed by atoms with E-state index in [-0.39, 0.29) is 47.0 Å². The molecule has 0 aliphatic carbocycles. The van der Waals surface area contributed by atoms with E-state index >= 15 is 4.39 Å². The molecule has 1 atom stereocenters. The maximum Gasteiger partial charge on any atom is 0.407 e. The summed E-state index contributed by atoms with van der Waals surface area (Å²) in [6.07, 6.45) is 0.701. The summed E-state index contributed by atoms with van der Waals surface area (Å²) in [7, 11) is 0. The molecule has 0 spiro atoms. The lowest BCUT2D eigenvalue weighted by Crippen LogP contribution is -2.54. The van der Waals surface area contributed by atoms with Crippen molar-refractivity contribution in [2.24, 2.45) is 0 Å². The first-order valence-electron chi connectivity index (χ1n) is 13.1. The molecule has 0 bridgehead atoms. The van der Waals surface area contributed by atoms with E-state index in [1.807, 2.05) is 45.6 Å². The third-order valence-corrected chi connectivity index (χ3v) is 7.56. The molecule has 1 fully saturated rings. The highest BCUT2D eigenvalue weighted by Crippen LogP contribution is 2.36. The van der Waals surface area contributed by atoms with E-state index in [2.05, 4.69) is 9.97 Å². The van der Waals surface area contributed by atoms with Crippen molar-refractivity contribution >= 4 is 34.5 Å². The van der Waals surface area contributed by atoms with Gasteiger partial charge in [-0.15, -0.1) is 0 Å². The summed E-state index contributed by atoms with van der Waals surface area (Å²) in [5.74, 6) is -0.143. The first kappa shape index (κ1) is 27.5. The fraction of sp³-hybridized carbons (Fsp3) is 0.345. The summed E-state index contributed by atoms with van der Waals surface area (Å²) in [4.78, 5) is 42.6. The zero-order chi connectivity index (χ0) is 28.9. The van der Waals surface area contributed by atoms with Crippen LogP contribution in [0.1, 0.15) is 43.5 Å². The van der Waals surface area contributed by atoms with Crippen LogP contribution in [0.4, 0.5) is 15.0 Å². The van der Waals surface area contributed by atoms with Crippen LogP contribution in [0.5, 0.6) is 0 Å². The number of rotatable bonds is 4. The van der Waals surface area contributed by atoms with Crippen LogP contribution in [0.25, 0.3) is 28.0 Å². The summed E-state index contributed by atoms with van der Waals surface area (Å²) < 4.78 is 16.5. The van der Waals surface area contributed by atoms with Crippen LogP contribution < -0.4 is 10.6 Å². The number of aromatic nitrogens is 4. The van der Waals surface area contributed by atoms with Crippen LogP contribution in [0.15, 0.2) is 41.3 Å². The lowest BCUT2D eigenvalue weighted by atomic mass is 10.0. The minimum Gasteiger partial charge on any atom is -0.465 e. The van der Waals surface area contributed by atoms with Crippen molar-refractivity contribution in [1.82, 2.24) is 24.4 Å². The van der Waals surface area contributed by atoms with Gasteiger partial charge in [0, 0.05) is 37.4 Å². The van der Waals surface area contributed by atoms with Gasteiger partial charge in [0.1, 0.15) is 11.6 Å². The van der Waals surface area contributed by atoms with Crippen molar-refractivity contribution in [3.63, 3.8) is 0 Å². The number of nitrogens with zero attached hydrogens (tertiary/aromatic N) is 6. The van der Waals surface area contributed by atoms with Crippen LogP contribution >= 0.6 is 11.6 Å². The molecule has 208 valence electrons. The van der Waals surface area contributed by atoms with E-state index < -0.39 is 17.6 Å². The molecule has 0 saturated carbocycles. The van der Waals surface area contributed by atoms with Crippen molar-refractivity contribution in [2.45, 2.75) is 46.6 Å². The summed E-state index contributed by atoms with van der Waals surface area (Å²) in [6, 6.07) is 7.91. The number of carbonyl (C=O) groups is 1. The molecular formula is C29H30ClFN6O3. The molecule has 1 N–H and O–H groups in total. The highest BCUT2D eigenvalue weighted by atomic mass is 35.5. The second-order valence-corrected chi connectivity index (χ2v) is 10.9. The van der Waals surface area contributed by atoms with Gasteiger partial charge in [0.15, 0.2) is 5.65 Å². The maximum absolute atomic E-state index is 15.0. The second kappa shape index (κ2) is 10.5. The molecule has 40 heavy (non-hydrogen) atoms. The van der Waals surface area contributed by atoms with Gasteiger partial charge in [0.2, 0.25) is 0 Å². The van der Waals surface area contributed by atoms with Crippen molar-refractivity contribution < 1.29 is 14.3 Å². The van der Waals surface area contributed by atoms with Crippen molar-refractivity contribution in [3.05, 3.63) is 74.7 Å². The minimum atomic E-state index is -0.998. The normalized spacial score (nSPS) is 15.8. The van der Waals surface area contributed by atoms with E-state index in [1.54, 1.807) is 24.4 Å². The first-order valence-corrected chi connectivity index (χ1v) is 13.5. The molecule has 1 amide bonds. The average Bonchev–Trinajstić information content (AvgIpc) is 2.90. The van der Waals surface area contributed by atoms with Crippen LogP contribution in [0.2, 0.25) is 5.02 Å². The summed E-state index contributed by atoms with van der Waals surface area (Å²) >= 11 is 6.76. The van der Waals surface area contributed by atoms with Gasteiger partial charge in [0.05, 0.1) is 27.5 Å². The first-order chi connectivity index (χ1) is 19.0. The van der Waals surface area contributed by atoms with E-state index in [1.165, 1.54) is 15.5 Å². The summed E-state index contributed by atoms with van der Waals surface area (Å²) in [5, 5.41) is 10.2. The highest BCUT2D eigenvalue weighted by Gasteiger charge is 2.31. The Hall–Kier alpha value is -4.05. The molecule has 9 nitrogen and oxygen atoms in total. The molecule has 1 aromatic carbocycles. The van der Waals surface area contributed by atoms with E-state index in [4.69, 9.17) is 16.6 Å². The predicted octanol–water partition coefficient (Wildman–Crippen LogP) is 5.56. The number of pyridine rings is 2. The van der Waals surface area contributed by atoms with Gasteiger partial charge in [-0.3, -0.25) is 4.98 Å². The van der Waals surface area contributed by atoms with Gasteiger partial charge in [-0.25, -0.2) is 23.5 Å². The SMILES string of the molecule is Cc1ccc(F)c(-c2nc3c(cc2Cl)c(N2CCN(C(=O)O)CC2C)nc(=O)n3-c2c(C)ccnc2C(C)C)c1. The lowest BCUT2D eigenvalue weighted by molar-refractivity contribution is 0.136. The predicted molar refractivity (Wildman–Crippen MR) is 153 cm³/mol. The zero-order valence-electron chi connectivity index (χ0n) is 22.9. The highest BCUT2D eigenvalue weighted by molar-refractivity contribution is 6.33.